The first-order valence-electron chi connectivity index (χ1n) is 10.4. The van der Waals surface area contributed by atoms with Crippen molar-refractivity contribution in [2.24, 2.45) is 0 Å². The zero-order valence-electron chi connectivity index (χ0n) is 17.1. The predicted molar refractivity (Wildman–Crippen MR) is 120 cm³/mol. The lowest BCUT2D eigenvalue weighted by Crippen LogP contribution is -2.27. The van der Waals surface area contributed by atoms with Crippen molar-refractivity contribution >= 4 is 0 Å². The zero-order chi connectivity index (χ0) is 20.3. The Morgan fingerprint density at radius 2 is 1.34 bits per heavy atom. The molecule has 3 aromatic carbocycles. The van der Waals surface area contributed by atoms with E-state index in [0.29, 0.717) is 5.75 Å². The molecule has 0 aromatic heterocycles. The van der Waals surface area contributed by atoms with Gasteiger partial charge in [0.25, 0.3) is 0 Å². The summed E-state index contributed by atoms with van der Waals surface area (Å²) in [5.74, 6) is 7.13. The first-order valence-corrected chi connectivity index (χ1v) is 10.4. The van der Waals surface area contributed by atoms with Gasteiger partial charge in [-0.15, -0.1) is 5.92 Å². The standard InChI is InChI=1S/C27H29NO/c1-2-3-4-11-19-26(25-18-12-13-20-27(25)29)28(21-23-14-7-5-8-15-23)22-24-16-9-6-10-17-24/h5-10,12-18,20,26,29H,2-4,21-22H2,1H3. The van der Waals surface area contributed by atoms with Gasteiger partial charge in [0, 0.05) is 25.1 Å². The van der Waals surface area contributed by atoms with Gasteiger partial charge in [0.05, 0.1) is 0 Å². The van der Waals surface area contributed by atoms with Crippen LogP contribution in [0.5, 0.6) is 5.75 Å². The lowest BCUT2D eigenvalue weighted by molar-refractivity contribution is 0.215. The lowest BCUT2D eigenvalue weighted by atomic mass is 10.0. The minimum Gasteiger partial charge on any atom is -0.508 e. The molecule has 0 radical (unpaired) electrons. The van der Waals surface area contributed by atoms with Gasteiger partial charge in [0.1, 0.15) is 11.8 Å². The third kappa shape index (κ3) is 6.24. The van der Waals surface area contributed by atoms with Gasteiger partial charge in [-0.1, -0.05) is 98.1 Å². The van der Waals surface area contributed by atoms with Crippen LogP contribution in [0.4, 0.5) is 0 Å². The highest BCUT2D eigenvalue weighted by Gasteiger charge is 2.22. The maximum atomic E-state index is 10.6. The van der Waals surface area contributed by atoms with Crippen molar-refractivity contribution in [2.45, 2.75) is 45.3 Å². The summed E-state index contributed by atoms with van der Waals surface area (Å²) < 4.78 is 0. The molecular formula is C27H29NO. The highest BCUT2D eigenvalue weighted by molar-refractivity contribution is 5.39. The lowest BCUT2D eigenvalue weighted by Gasteiger charge is -2.29. The van der Waals surface area contributed by atoms with Crippen molar-refractivity contribution in [3.63, 3.8) is 0 Å². The van der Waals surface area contributed by atoms with Crippen LogP contribution >= 0.6 is 0 Å². The minimum absolute atomic E-state index is 0.173. The summed E-state index contributed by atoms with van der Waals surface area (Å²) in [6, 6.07) is 28.3. The molecule has 2 nitrogen and oxygen atoms in total. The Morgan fingerprint density at radius 3 is 1.90 bits per heavy atom. The Hall–Kier alpha value is -3.02. The van der Waals surface area contributed by atoms with Crippen LogP contribution in [0.15, 0.2) is 84.9 Å². The molecule has 0 fully saturated rings. The van der Waals surface area contributed by atoms with Crippen molar-refractivity contribution in [1.29, 1.82) is 0 Å². The van der Waals surface area contributed by atoms with E-state index in [0.717, 1.165) is 37.9 Å². The summed E-state index contributed by atoms with van der Waals surface area (Å²) in [7, 11) is 0. The number of rotatable bonds is 8. The molecule has 1 N–H and O–H groups in total. The third-order valence-corrected chi connectivity index (χ3v) is 4.95. The second-order valence-corrected chi connectivity index (χ2v) is 7.26. The maximum absolute atomic E-state index is 10.6. The number of phenolic OH excluding ortho intramolecular Hbond substituents is 1. The molecule has 0 spiro atoms. The molecule has 3 aromatic rings. The van der Waals surface area contributed by atoms with E-state index in [2.05, 4.69) is 72.2 Å². The Balaban J connectivity index is 1.97. The Morgan fingerprint density at radius 1 is 0.793 bits per heavy atom. The molecule has 0 saturated carbocycles. The van der Waals surface area contributed by atoms with Crippen molar-refractivity contribution < 1.29 is 5.11 Å². The second-order valence-electron chi connectivity index (χ2n) is 7.26. The number of hydrogen-bond acceptors (Lipinski definition) is 2. The van der Waals surface area contributed by atoms with Gasteiger partial charge in [-0.05, 0) is 23.6 Å². The van der Waals surface area contributed by atoms with E-state index in [1.54, 1.807) is 6.07 Å². The molecule has 29 heavy (non-hydrogen) atoms. The SMILES string of the molecule is CCCCC#CC(c1ccccc1O)N(Cc1ccccc1)Cc1ccccc1. The first kappa shape index (κ1) is 20.7. The smallest absolute Gasteiger partial charge is 0.121 e. The van der Waals surface area contributed by atoms with Crippen LogP contribution in [0.1, 0.15) is 48.9 Å². The summed E-state index contributed by atoms with van der Waals surface area (Å²) in [5.41, 5.74) is 3.33. The number of para-hydroxylation sites is 1. The summed E-state index contributed by atoms with van der Waals surface area (Å²) in [4.78, 5) is 2.35. The predicted octanol–water partition coefficient (Wildman–Crippen LogP) is 6.33. The van der Waals surface area contributed by atoms with Crippen LogP contribution in [-0.2, 0) is 13.1 Å². The average Bonchev–Trinajstić information content (AvgIpc) is 2.76. The van der Waals surface area contributed by atoms with Crippen LogP contribution in [-0.4, -0.2) is 10.0 Å². The van der Waals surface area contributed by atoms with Gasteiger partial charge in [-0.3, -0.25) is 4.90 Å². The monoisotopic (exact) mass is 383 g/mol. The van der Waals surface area contributed by atoms with Gasteiger partial charge >= 0.3 is 0 Å². The molecule has 0 heterocycles. The van der Waals surface area contributed by atoms with Crippen LogP contribution in [0, 0.1) is 11.8 Å². The number of unbranched alkanes of at least 4 members (excludes halogenated alkanes) is 2. The fraction of sp³-hybridized carbons (Fsp3) is 0.259. The molecule has 0 aliphatic heterocycles. The van der Waals surface area contributed by atoms with E-state index in [1.165, 1.54) is 11.1 Å². The second kappa shape index (κ2) is 11.1. The molecule has 0 bridgehead atoms. The first-order chi connectivity index (χ1) is 14.3. The number of hydrogen-bond donors (Lipinski definition) is 1. The van der Waals surface area contributed by atoms with Gasteiger partial charge in [0.15, 0.2) is 0 Å². The molecule has 0 saturated heterocycles. The highest BCUT2D eigenvalue weighted by atomic mass is 16.3. The molecule has 1 unspecified atom stereocenters. The summed E-state index contributed by atoms with van der Waals surface area (Å²) >= 11 is 0. The van der Waals surface area contributed by atoms with Crippen LogP contribution in [0.25, 0.3) is 0 Å². The van der Waals surface area contributed by atoms with Gasteiger partial charge in [-0.2, -0.15) is 0 Å². The summed E-state index contributed by atoms with van der Waals surface area (Å²) in [5, 5.41) is 10.6. The van der Waals surface area contributed by atoms with Crippen molar-refractivity contribution in [3.8, 4) is 17.6 Å². The summed E-state index contributed by atoms with van der Waals surface area (Å²) in [6.45, 7) is 3.70. The number of phenols is 1. The van der Waals surface area contributed by atoms with Crippen molar-refractivity contribution in [3.05, 3.63) is 102 Å². The van der Waals surface area contributed by atoms with E-state index >= 15 is 0 Å². The zero-order valence-corrected chi connectivity index (χ0v) is 17.1. The molecule has 3 rings (SSSR count). The molecule has 0 aliphatic rings. The van der Waals surface area contributed by atoms with Gasteiger partial charge in [-0.25, -0.2) is 0 Å². The molecular weight excluding hydrogens is 354 g/mol. The average molecular weight is 384 g/mol. The van der Waals surface area contributed by atoms with Crippen LogP contribution in [0.2, 0.25) is 0 Å². The molecule has 1 atom stereocenters. The van der Waals surface area contributed by atoms with E-state index in [9.17, 15) is 5.11 Å². The Labute approximate surface area is 174 Å². The maximum Gasteiger partial charge on any atom is 0.121 e. The Bertz CT molecular complexity index is 883. The topological polar surface area (TPSA) is 23.5 Å². The molecule has 0 aliphatic carbocycles. The third-order valence-electron chi connectivity index (χ3n) is 4.95. The normalized spacial score (nSPS) is 11.7. The Kier molecular flexibility index (Phi) is 7.92. The largest absolute Gasteiger partial charge is 0.508 e. The van der Waals surface area contributed by atoms with E-state index in [-0.39, 0.29) is 6.04 Å². The van der Waals surface area contributed by atoms with Crippen LogP contribution < -0.4 is 0 Å². The van der Waals surface area contributed by atoms with Crippen LogP contribution in [0.3, 0.4) is 0 Å². The number of nitrogens with zero attached hydrogens (tertiary/aromatic N) is 1. The van der Waals surface area contributed by atoms with Gasteiger partial charge < -0.3 is 5.11 Å². The fourth-order valence-electron chi connectivity index (χ4n) is 3.39. The van der Waals surface area contributed by atoms with E-state index in [1.807, 2.05) is 30.3 Å². The molecule has 2 heteroatoms. The minimum atomic E-state index is -0.173. The van der Waals surface area contributed by atoms with Crippen molar-refractivity contribution in [1.82, 2.24) is 4.90 Å². The molecule has 0 amide bonds. The van der Waals surface area contributed by atoms with E-state index < -0.39 is 0 Å². The van der Waals surface area contributed by atoms with Gasteiger partial charge in [0.2, 0.25) is 0 Å². The summed E-state index contributed by atoms with van der Waals surface area (Å²) in [6.07, 6.45) is 3.11. The van der Waals surface area contributed by atoms with E-state index in [4.69, 9.17) is 0 Å². The quantitative estimate of drug-likeness (QED) is 0.363. The number of aromatic hydroxyl groups is 1. The molecule has 148 valence electrons. The highest BCUT2D eigenvalue weighted by Crippen LogP contribution is 2.30. The number of benzene rings is 3. The van der Waals surface area contributed by atoms with Crippen molar-refractivity contribution in [2.75, 3.05) is 0 Å². The fourth-order valence-corrected chi connectivity index (χ4v) is 3.39.